The van der Waals surface area contributed by atoms with Crippen LogP contribution in [-0.4, -0.2) is 20.6 Å². The molecule has 0 aliphatic heterocycles. The third-order valence-corrected chi connectivity index (χ3v) is 3.80. The Balaban J connectivity index is 2.27. The van der Waals surface area contributed by atoms with Crippen LogP contribution >= 0.6 is 27.7 Å². The summed E-state index contributed by atoms with van der Waals surface area (Å²) < 4.78 is 7.55. The van der Waals surface area contributed by atoms with E-state index in [0.29, 0.717) is 16.7 Å². The highest BCUT2D eigenvalue weighted by molar-refractivity contribution is 9.11. The van der Waals surface area contributed by atoms with Crippen LogP contribution in [0.2, 0.25) is 0 Å². The van der Waals surface area contributed by atoms with Gasteiger partial charge in [-0.3, -0.25) is 0 Å². The number of hydrogen-bond donors (Lipinski definition) is 1. The number of thioether (sulfide) groups is 1. The number of furan rings is 1. The summed E-state index contributed by atoms with van der Waals surface area (Å²) in [7, 11) is 0. The van der Waals surface area contributed by atoms with E-state index in [2.05, 4.69) is 32.7 Å². The van der Waals surface area contributed by atoms with Gasteiger partial charge in [-0.25, -0.2) is 4.68 Å². The Morgan fingerprint density at radius 3 is 3.00 bits per heavy atom. The highest BCUT2D eigenvalue weighted by Crippen LogP contribution is 2.26. The van der Waals surface area contributed by atoms with Crippen LogP contribution in [0.1, 0.15) is 5.76 Å². The second kappa shape index (κ2) is 4.97. The fourth-order valence-electron chi connectivity index (χ4n) is 1.32. The molecule has 0 bridgehead atoms. The Labute approximate surface area is 111 Å². The number of halogens is 1. The first-order chi connectivity index (χ1) is 8.09. The van der Waals surface area contributed by atoms with Crippen molar-refractivity contribution >= 4 is 27.7 Å². The summed E-state index contributed by atoms with van der Waals surface area (Å²) in [5.41, 5.74) is 0.851. The van der Waals surface area contributed by atoms with Crippen LogP contribution in [0.5, 0.6) is 0 Å². The van der Waals surface area contributed by atoms with Crippen molar-refractivity contribution in [1.29, 1.82) is 0 Å². The highest BCUT2D eigenvalue weighted by atomic mass is 79.9. The van der Waals surface area contributed by atoms with Gasteiger partial charge in [0.25, 0.3) is 0 Å². The Hall–Kier alpha value is -1.21. The minimum atomic E-state index is 0.596. The molecule has 0 aromatic carbocycles. The van der Waals surface area contributed by atoms with Crippen LogP contribution in [-0.2, 0) is 0 Å². The van der Waals surface area contributed by atoms with Crippen molar-refractivity contribution in [2.24, 2.45) is 0 Å². The molecule has 2 N–H and O–H groups in total. The molecule has 0 spiro atoms. The number of hydrogen-bond acceptors (Lipinski definition) is 5. The summed E-state index contributed by atoms with van der Waals surface area (Å²) in [6, 6.07) is 1.82. The lowest BCUT2D eigenvalue weighted by Crippen LogP contribution is -2.11. The number of nitrogens with zero attached hydrogens (tertiary/aromatic N) is 3. The van der Waals surface area contributed by atoms with Gasteiger partial charge in [0.2, 0.25) is 5.16 Å². The maximum Gasteiger partial charge on any atom is 0.210 e. The Morgan fingerprint density at radius 1 is 1.65 bits per heavy atom. The van der Waals surface area contributed by atoms with Crippen molar-refractivity contribution in [3.63, 3.8) is 0 Å². The largest absolute Gasteiger partial charge is 0.469 e. The van der Waals surface area contributed by atoms with Gasteiger partial charge in [-0.05, 0) is 17.5 Å². The predicted molar refractivity (Wildman–Crippen MR) is 71.4 cm³/mol. The maximum atomic E-state index is 5.93. The molecule has 17 heavy (non-hydrogen) atoms. The second-order valence-corrected chi connectivity index (χ2v) is 5.44. The fraction of sp³-hybridized carbons (Fsp3) is 0.200. The van der Waals surface area contributed by atoms with E-state index in [1.165, 1.54) is 16.4 Å². The lowest BCUT2D eigenvalue weighted by Gasteiger charge is -2.02. The lowest BCUT2D eigenvalue weighted by atomic mass is 10.2. The molecule has 0 radical (unpaired) electrons. The molecule has 0 amide bonds. The third kappa shape index (κ3) is 2.55. The highest BCUT2D eigenvalue weighted by Gasteiger charge is 2.15. The van der Waals surface area contributed by atoms with E-state index in [0.717, 1.165) is 15.8 Å². The van der Waals surface area contributed by atoms with E-state index in [1.807, 2.05) is 13.0 Å². The van der Waals surface area contributed by atoms with E-state index in [-0.39, 0.29) is 0 Å². The molecule has 90 valence electrons. The van der Waals surface area contributed by atoms with Gasteiger partial charge in [-0.2, -0.15) is 0 Å². The Bertz CT molecular complexity index is 548. The molecule has 0 atom stereocenters. The smallest absolute Gasteiger partial charge is 0.210 e. The molecule has 0 saturated heterocycles. The van der Waals surface area contributed by atoms with Crippen LogP contribution in [0.15, 0.2) is 33.0 Å². The van der Waals surface area contributed by atoms with Crippen molar-refractivity contribution in [1.82, 2.24) is 14.9 Å². The van der Waals surface area contributed by atoms with E-state index < -0.39 is 0 Å². The molecule has 2 rings (SSSR count). The normalized spacial score (nSPS) is 10.7. The van der Waals surface area contributed by atoms with Gasteiger partial charge in [0.1, 0.15) is 5.76 Å². The molecule has 0 aliphatic carbocycles. The third-order valence-electron chi connectivity index (χ3n) is 2.12. The second-order valence-electron chi connectivity index (χ2n) is 3.37. The minimum Gasteiger partial charge on any atom is -0.469 e. The summed E-state index contributed by atoms with van der Waals surface area (Å²) in [5.74, 6) is 7.99. The van der Waals surface area contributed by atoms with Gasteiger partial charge in [0.15, 0.2) is 5.82 Å². The molecule has 2 heterocycles. The van der Waals surface area contributed by atoms with Crippen LogP contribution < -0.4 is 5.84 Å². The average Bonchev–Trinajstić information content (AvgIpc) is 2.82. The first-order valence-electron chi connectivity index (χ1n) is 4.80. The predicted octanol–water partition coefficient (Wildman–Crippen LogP) is 2.56. The van der Waals surface area contributed by atoms with Crippen LogP contribution in [0, 0.1) is 6.92 Å². The lowest BCUT2D eigenvalue weighted by molar-refractivity contribution is 0.535. The minimum absolute atomic E-state index is 0.596. The van der Waals surface area contributed by atoms with Crippen LogP contribution in [0.3, 0.4) is 0 Å². The van der Waals surface area contributed by atoms with Crippen LogP contribution in [0.25, 0.3) is 11.4 Å². The monoisotopic (exact) mass is 314 g/mol. The topological polar surface area (TPSA) is 69.9 Å². The van der Waals surface area contributed by atoms with Crippen molar-refractivity contribution in [2.45, 2.75) is 12.1 Å². The number of aromatic nitrogens is 3. The van der Waals surface area contributed by atoms with Crippen molar-refractivity contribution in [2.75, 3.05) is 11.6 Å². The van der Waals surface area contributed by atoms with Crippen molar-refractivity contribution in [3.05, 3.63) is 29.2 Å². The zero-order chi connectivity index (χ0) is 12.4. The average molecular weight is 315 g/mol. The van der Waals surface area contributed by atoms with E-state index >= 15 is 0 Å². The van der Waals surface area contributed by atoms with Crippen molar-refractivity contribution in [3.8, 4) is 11.4 Å². The quantitative estimate of drug-likeness (QED) is 0.693. The summed E-state index contributed by atoms with van der Waals surface area (Å²) in [6.07, 6.45) is 1.60. The molecule has 0 fully saturated rings. The standard InChI is InChI=1S/C10H11BrN4OS/c1-6(11)5-17-10-14-13-9(15(10)12)8-3-4-16-7(8)2/h3-4H,1,5,12H2,2H3. The molecule has 0 saturated carbocycles. The van der Waals surface area contributed by atoms with E-state index in [1.54, 1.807) is 6.26 Å². The molecule has 2 aromatic rings. The van der Waals surface area contributed by atoms with Gasteiger partial charge < -0.3 is 10.3 Å². The van der Waals surface area contributed by atoms with Crippen LogP contribution in [0.4, 0.5) is 0 Å². The van der Waals surface area contributed by atoms with Gasteiger partial charge >= 0.3 is 0 Å². The van der Waals surface area contributed by atoms with E-state index in [9.17, 15) is 0 Å². The molecule has 7 heteroatoms. The molecule has 0 unspecified atom stereocenters. The first kappa shape index (κ1) is 12.3. The van der Waals surface area contributed by atoms with Gasteiger partial charge in [-0.15, -0.1) is 10.2 Å². The number of nitrogen functional groups attached to an aromatic ring is 1. The molecule has 5 nitrogen and oxygen atoms in total. The zero-order valence-electron chi connectivity index (χ0n) is 9.18. The molecular weight excluding hydrogens is 304 g/mol. The first-order valence-corrected chi connectivity index (χ1v) is 6.58. The fourth-order valence-corrected chi connectivity index (χ4v) is 2.27. The summed E-state index contributed by atoms with van der Waals surface area (Å²) in [5, 5.41) is 8.73. The SMILES string of the molecule is C=C(Br)CSc1nnc(-c2ccoc2C)n1N. The van der Waals surface area contributed by atoms with Gasteiger partial charge in [0.05, 0.1) is 11.8 Å². The summed E-state index contributed by atoms with van der Waals surface area (Å²) >= 11 is 4.75. The Morgan fingerprint density at radius 2 is 2.41 bits per heavy atom. The van der Waals surface area contributed by atoms with Gasteiger partial charge in [0, 0.05) is 5.75 Å². The number of rotatable bonds is 4. The number of nitrogens with two attached hydrogens (primary N) is 1. The number of aryl methyl sites for hydroxylation is 1. The Kier molecular flexibility index (Phi) is 3.58. The van der Waals surface area contributed by atoms with E-state index in [4.69, 9.17) is 10.3 Å². The van der Waals surface area contributed by atoms with Gasteiger partial charge in [-0.1, -0.05) is 34.3 Å². The molecular formula is C10H11BrN4OS. The summed E-state index contributed by atoms with van der Waals surface area (Å²) in [4.78, 5) is 0. The molecule has 0 aliphatic rings. The van der Waals surface area contributed by atoms with Crippen molar-refractivity contribution < 1.29 is 4.42 Å². The summed E-state index contributed by atoms with van der Waals surface area (Å²) in [6.45, 7) is 5.61. The molecule has 2 aromatic heterocycles. The maximum absolute atomic E-state index is 5.93. The zero-order valence-corrected chi connectivity index (χ0v) is 11.6.